The highest BCUT2D eigenvalue weighted by atomic mass is 32.2. The highest BCUT2D eigenvalue weighted by Crippen LogP contribution is 2.38. The number of carbonyl (C=O) groups is 2. The third kappa shape index (κ3) is 5.84. The topological polar surface area (TPSA) is 108 Å². The van der Waals surface area contributed by atoms with Crippen LogP contribution in [0.25, 0.3) is 0 Å². The highest BCUT2D eigenvalue weighted by molar-refractivity contribution is 7.88. The first-order valence-electron chi connectivity index (χ1n) is 7.82. The molecule has 0 aliphatic heterocycles. The summed E-state index contributed by atoms with van der Waals surface area (Å²) in [5.74, 6) is -2.11. The van der Waals surface area contributed by atoms with E-state index < -0.39 is 39.0 Å². The van der Waals surface area contributed by atoms with Gasteiger partial charge in [-0.05, 0) is 12.5 Å². The first kappa shape index (κ1) is 22.5. The van der Waals surface area contributed by atoms with Crippen molar-refractivity contribution in [3.8, 4) is 5.75 Å². The summed E-state index contributed by atoms with van der Waals surface area (Å²) < 4.78 is 73.8. The van der Waals surface area contributed by atoms with Crippen LogP contribution in [-0.4, -0.2) is 32.6 Å². The van der Waals surface area contributed by atoms with Gasteiger partial charge in [-0.2, -0.15) is 21.6 Å². The molecule has 29 heavy (non-hydrogen) atoms. The monoisotopic (exact) mass is 453 g/mol. The lowest BCUT2D eigenvalue weighted by atomic mass is 10.2. The molecule has 0 radical (unpaired) electrons. The third-order valence-electron chi connectivity index (χ3n) is 3.15. The summed E-state index contributed by atoms with van der Waals surface area (Å²) in [5.41, 5.74) is -5.72. The molecule has 0 saturated carbocycles. The van der Waals surface area contributed by atoms with E-state index in [1.807, 2.05) is 0 Å². The molecule has 1 aromatic heterocycles. The predicted octanol–water partition coefficient (Wildman–Crippen LogP) is 3.90. The van der Waals surface area contributed by atoms with Gasteiger partial charge in [-0.1, -0.05) is 30.3 Å². The molecule has 1 heterocycles. The van der Waals surface area contributed by atoms with E-state index in [4.69, 9.17) is 9.47 Å². The largest absolute Gasteiger partial charge is 0.534 e. The van der Waals surface area contributed by atoms with E-state index in [-0.39, 0.29) is 18.2 Å². The van der Waals surface area contributed by atoms with Crippen molar-refractivity contribution in [2.75, 3.05) is 11.9 Å². The van der Waals surface area contributed by atoms with E-state index >= 15 is 0 Å². The third-order valence-corrected chi connectivity index (χ3v) is 4.99. The van der Waals surface area contributed by atoms with Gasteiger partial charge in [0.25, 0.3) is 0 Å². The maximum absolute atomic E-state index is 12.6. The van der Waals surface area contributed by atoms with Crippen LogP contribution in [0, 0.1) is 0 Å². The lowest BCUT2D eigenvalue weighted by Gasteiger charge is -2.11. The fraction of sp³-hybridized carbons (Fsp3) is 0.250. The van der Waals surface area contributed by atoms with Gasteiger partial charge in [0.05, 0.1) is 6.61 Å². The predicted molar refractivity (Wildman–Crippen MR) is 96.1 cm³/mol. The molecular formula is C16H14F3NO7S2. The van der Waals surface area contributed by atoms with Crippen LogP contribution in [0.1, 0.15) is 22.8 Å². The second-order valence-electron chi connectivity index (χ2n) is 5.19. The zero-order valence-electron chi connectivity index (χ0n) is 14.7. The first-order valence-corrected chi connectivity index (χ1v) is 10.1. The molecule has 1 aromatic carbocycles. The minimum absolute atomic E-state index is 0.113. The molecule has 158 valence electrons. The summed E-state index contributed by atoms with van der Waals surface area (Å²) in [6.45, 7) is 1.16. The molecule has 0 bridgehead atoms. The van der Waals surface area contributed by atoms with Crippen molar-refractivity contribution in [2.45, 2.75) is 19.0 Å². The maximum atomic E-state index is 12.6. The van der Waals surface area contributed by atoms with Crippen molar-refractivity contribution in [3.63, 3.8) is 0 Å². The average Bonchev–Trinajstić information content (AvgIpc) is 3.01. The zero-order valence-corrected chi connectivity index (χ0v) is 16.3. The summed E-state index contributed by atoms with van der Waals surface area (Å²) in [6.07, 6.45) is -1.02. The summed E-state index contributed by atoms with van der Waals surface area (Å²) in [5, 5.41) is 2.69. The Hall–Kier alpha value is -2.80. The van der Waals surface area contributed by atoms with Crippen LogP contribution < -0.4 is 9.50 Å². The van der Waals surface area contributed by atoms with Gasteiger partial charge in [0, 0.05) is 5.38 Å². The van der Waals surface area contributed by atoms with Crippen molar-refractivity contribution in [1.29, 1.82) is 0 Å². The number of benzene rings is 1. The standard InChI is InChI=1S/C16H14F3NO7S2/c1-2-25-14(21)12-11(27-29(23,24)16(17,18)19)9-28-13(12)20-15(22)26-8-10-6-4-3-5-7-10/h3-7,9H,2,8H2,1H3,(H,20,22). The van der Waals surface area contributed by atoms with Crippen LogP contribution in [-0.2, 0) is 26.2 Å². The number of anilines is 1. The van der Waals surface area contributed by atoms with Crippen molar-refractivity contribution in [2.24, 2.45) is 0 Å². The van der Waals surface area contributed by atoms with Crippen LogP contribution in [0.5, 0.6) is 5.75 Å². The molecule has 0 atom stereocenters. The molecule has 1 N–H and O–H groups in total. The zero-order chi connectivity index (χ0) is 21.7. The first-order chi connectivity index (χ1) is 13.5. The summed E-state index contributed by atoms with van der Waals surface area (Å²) >= 11 is 0.562. The van der Waals surface area contributed by atoms with Crippen molar-refractivity contribution < 1.29 is 44.8 Å². The molecule has 0 aliphatic rings. The van der Waals surface area contributed by atoms with Crippen LogP contribution >= 0.6 is 11.3 Å². The van der Waals surface area contributed by atoms with Crippen LogP contribution in [0.3, 0.4) is 0 Å². The Morgan fingerprint density at radius 1 is 1.14 bits per heavy atom. The lowest BCUT2D eigenvalue weighted by molar-refractivity contribution is -0.0500. The number of thiophene rings is 1. The van der Waals surface area contributed by atoms with Gasteiger partial charge in [-0.15, -0.1) is 11.3 Å². The quantitative estimate of drug-likeness (QED) is 0.385. The summed E-state index contributed by atoms with van der Waals surface area (Å²) in [6, 6.07) is 8.59. The summed E-state index contributed by atoms with van der Waals surface area (Å²) in [4.78, 5) is 24.0. The number of hydrogen-bond acceptors (Lipinski definition) is 8. The molecule has 0 aliphatic carbocycles. The summed E-state index contributed by atoms with van der Waals surface area (Å²) in [7, 11) is -6.03. The number of ether oxygens (including phenoxy) is 2. The minimum atomic E-state index is -6.03. The Bertz CT molecular complexity index is 972. The second-order valence-corrected chi connectivity index (χ2v) is 7.61. The Labute approximate surface area is 167 Å². The van der Waals surface area contributed by atoms with Crippen LogP contribution in [0.4, 0.5) is 23.0 Å². The fourth-order valence-electron chi connectivity index (χ4n) is 1.91. The van der Waals surface area contributed by atoms with E-state index in [2.05, 4.69) is 9.50 Å². The molecular weight excluding hydrogens is 439 g/mol. The minimum Gasteiger partial charge on any atom is -0.462 e. The fourth-order valence-corrected chi connectivity index (χ4v) is 3.27. The van der Waals surface area contributed by atoms with Crippen molar-refractivity contribution in [1.82, 2.24) is 0 Å². The molecule has 0 saturated heterocycles. The van der Waals surface area contributed by atoms with Crippen molar-refractivity contribution in [3.05, 3.63) is 46.8 Å². The van der Waals surface area contributed by atoms with Crippen LogP contribution in [0.15, 0.2) is 35.7 Å². The molecule has 2 aromatic rings. The normalized spacial score (nSPS) is 11.6. The van der Waals surface area contributed by atoms with Gasteiger partial charge in [0.1, 0.15) is 17.2 Å². The Morgan fingerprint density at radius 2 is 1.79 bits per heavy atom. The van der Waals surface area contributed by atoms with Gasteiger partial charge >= 0.3 is 27.7 Å². The molecule has 0 spiro atoms. The average molecular weight is 453 g/mol. The number of carbonyl (C=O) groups excluding carboxylic acids is 2. The van der Waals surface area contributed by atoms with E-state index in [1.165, 1.54) is 6.92 Å². The smallest absolute Gasteiger partial charge is 0.462 e. The van der Waals surface area contributed by atoms with Gasteiger partial charge in [0.2, 0.25) is 0 Å². The number of rotatable bonds is 7. The molecule has 2 rings (SSSR count). The number of hydrogen-bond donors (Lipinski definition) is 1. The van der Waals surface area contributed by atoms with Gasteiger partial charge in [0.15, 0.2) is 5.75 Å². The molecule has 1 amide bonds. The van der Waals surface area contributed by atoms with E-state index in [0.717, 1.165) is 5.38 Å². The van der Waals surface area contributed by atoms with Crippen molar-refractivity contribution >= 4 is 38.5 Å². The Kier molecular flexibility index (Phi) is 7.08. The van der Waals surface area contributed by atoms with E-state index in [9.17, 15) is 31.2 Å². The highest BCUT2D eigenvalue weighted by Gasteiger charge is 2.49. The second kappa shape index (κ2) is 9.13. The van der Waals surface area contributed by atoms with E-state index in [0.29, 0.717) is 16.9 Å². The SMILES string of the molecule is CCOC(=O)c1c(OS(=O)(=O)C(F)(F)F)csc1NC(=O)OCc1ccccc1. The molecule has 0 fully saturated rings. The maximum Gasteiger partial charge on any atom is 0.534 e. The molecule has 0 unspecified atom stereocenters. The number of nitrogens with one attached hydrogen (secondary N) is 1. The number of halogens is 3. The molecule has 8 nitrogen and oxygen atoms in total. The number of esters is 1. The Balaban J connectivity index is 2.21. The lowest BCUT2D eigenvalue weighted by Crippen LogP contribution is -2.28. The van der Waals surface area contributed by atoms with Gasteiger partial charge < -0.3 is 13.7 Å². The van der Waals surface area contributed by atoms with E-state index in [1.54, 1.807) is 30.3 Å². The Morgan fingerprint density at radius 3 is 2.38 bits per heavy atom. The van der Waals surface area contributed by atoms with Gasteiger partial charge in [-0.3, -0.25) is 5.32 Å². The van der Waals surface area contributed by atoms with Crippen LogP contribution in [0.2, 0.25) is 0 Å². The van der Waals surface area contributed by atoms with Gasteiger partial charge in [-0.25, -0.2) is 9.59 Å². The number of alkyl halides is 3. The molecule has 13 heteroatoms. The number of amides is 1.